The summed E-state index contributed by atoms with van der Waals surface area (Å²) in [5, 5.41) is 0. The van der Waals surface area contributed by atoms with Gasteiger partial charge < -0.3 is 9.47 Å². The van der Waals surface area contributed by atoms with Gasteiger partial charge in [-0.3, -0.25) is 5.43 Å². The lowest BCUT2D eigenvalue weighted by atomic mass is 10.2. The monoisotopic (exact) mass is 286 g/mol. The molecule has 0 saturated heterocycles. The van der Waals surface area contributed by atoms with Gasteiger partial charge in [0.25, 0.3) is 0 Å². The van der Waals surface area contributed by atoms with Crippen molar-refractivity contribution in [2.24, 2.45) is 0 Å². The molecule has 1 rings (SSSR count). The number of hydrogen-bond acceptors (Lipinski definition) is 7. The quantitative estimate of drug-likeness (QED) is 0.636. The summed E-state index contributed by atoms with van der Waals surface area (Å²) >= 11 is 0. The van der Waals surface area contributed by atoms with Crippen LogP contribution in [0, 0.1) is 5.82 Å². The molecule has 8 nitrogen and oxygen atoms in total. The highest BCUT2D eigenvalue weighted by molar-refractivity contribution is 5.85. The third-order valence-electron chi connectivity index (χ3n) is 1.79. The standard InChI is InChI=1S/C11H15FN4O4/c1-11(2,3)20-10(18)16-15-7-6(12)5-13-8(14-7)9(17)19-4/h5H,1-4H3,(H,16,18)(H,13,14,15). The van der Waals surface area contributed by atoms with Crippen LogP contribution < -0.4 is 10.9 Å². The maximum atomic E-state index is 13.4. The van der Waals surface area contributed by atoms with Crippen LogP contribution in [0.1, 0.15) is 31.4 Å². The lowest BCUT2D eigenvalue weighted by Gasteiger charge is -2.19. The van der Waals surface area contributed by atoms with E-state index in [-0.39, 0.29) is 11.6 Å². The lowest BCUT2D eigenvalue weighted by Crippen LogP contribution is -2.36. The molecule has 1 aromatic rings. The van der Waals surface area contributed by atoms with E-state index in [4.69, 9.17) is 4.74 Å². The predicted molar refractivity (Wildman–Crippen MR) is 66.3 cm³/mol. The fraction of sp³-hybridized carbons (Fsp3) is 0.455. The largest absolute Gasteiger partial charge is 0.463 e. The summed E-state index contributed by atoms with van der Waals surface area (Å²) < 4.78 is 22.7. The van der Waals surface area contributed by atoms with E-state index in [1.54, 1.807) is 20.8 Å². The number of nitrogens with zero attached hydrogens (tertiary/aromatic N) is 2. The van der Waals surface area contributed by atoms with Crippen LogP contribution in [0.4, 0.5) is 15.0 Å². The Labute approximate surface area is 114 Å². The Balaban J connectivity index is 2.72. The predicted octanol–water partition coefficient (Wildman–Crippen LogP) is 1.25. The normalized spacial score (nSPS) is 10.7. The Morgan fingerprint density at radius 2 is 2.00 bits per heavy atom. The molecule has 0 spiro atoms. The van der Waals surface area contributed by atoms with E-state index >= 15 is 0 Å². The van der Waals surface area contributed by atoms with Crippen LogP contribution in [0.15, 0.2) is 6.20 Å². The highest BCUT2D eigenvalue weighted by atomic mass is 19.1. The van der Waals surface area contributed by atoms with Crippen molar-refractivity contribution in [3.63, 3.8) is 0 Å². The zero-order valence-electron chi connectivity index (χ0n) is 11.5. The van der Waals surface area contributed by atoms with Crippen LogP contribution in [-0.4, -0.2) is 34.7 Å². The molecular formula is C11H15FN4O4. The Morgan fingerprint density at radius 3 is 2.55 bits per heavy atom. The van der Waals surface area contributed by atoms with Crippen LogP contribution in [-0.2, 0) is 9.47 Å². The van der Waals surface area contributed by atoms with Crippen LogP contribution in [0.25, 0.3) is 0 Å². The molecule has 0 aliphatic heterocycles. The minimum absolute atomic E-state index is 0.345. The summed E-state index contributed by atoms with van der Waals surface area (Å²) in [6.45, 7) is 5.02. The average Bonchev–Trinajstić information content (AvgIpc) is 2.34. The smallest absolute Gasteiger partial charge is 0.426 e. The number of amides is 1. The number of anilines is 1. The van der Waals surface area contributed by atoms with Crippen LogP contribution in [0.3, 0.4) is 0 Å². The van der Waals surface area contributed by atoms with E-state index in [1.807, 2.05) is 0 Å². The number of nitrogens with one attached hydrogen (secondary N) is 2. The van der Waals surface area contributed by atoms with Gasteiger partial charge in [0, 0.05) is 0 Å². The van der Waals surface area contributed by atoms with Crippen molar-refractivity contribution in [3.05, 3.63) is 17.8 Å². The Bertz CT molecular complexity index is 516. The first-order valence-electron chi connectivity index (χ1n) is 5.59. The first-order valence-corrected chi connectivity index (χ1v) is 5.59. The Morgan fingerprint density at radius 1 is 1.35 bits per heavy atom. The molecule has 1 amide bonds. The lowest BCUT2D eigenvalue weighted by molar-refractivity contribution is 0.0540. The molecule has 9 heteroatoms. The van der Waals surface area contributed by atoms with E-state index in [2.05, 4.69) is 25.6 Å². The van der Waals surface area contributed by atoms with Gasteiger partial charge in [0.2, 0.25) is 5.82 Å². The molecular weight excluding hydrogens is 271 g/mol. The number of hydrazine groups is 1. The Kier molecular flexibility index (Phi) is 4.78. The van der Waals surface area contributed by atoms with Gasteiger partial charge in [-0.1, -0.05) is 0 Å². The maximum Gasteiger partial charge on any atom is 0.426 e. The van der Waals surface area contributed by atoms with Crippen molar-refractivity contribution in [2.45, 2.75) is 26.4 Å². The van der Waals surface area contributed by atoms with E-state index in [0.717, 1.165) is 13.3 Å². The number of carbonyl (C=O) groups excluding carboxylic acids is 2. The summed E-state index contributed by atoms with van der Waals surface area (Å²) in [6, 6.07) is 0. The summed E-state index contributed by atoms with van der Waals surface area (Å²) in [5.74, 6) is -2.41. The fourth-order valence-electron chi connectivity index (χ4n) is 1.06. The SMILES string of the molecule is COC(=O)c1ncc(F)c(NNC(=O)OC(C)(C)C)n1. The summed E-state index contributed by atoms with van der Waals surface area (Å²) in [4.78, 5) is 29.6. The highest BCUT2D eigenvalue weighted by Crippen LogP contribution is 2.10. The molecule has 110 valence electrons. The second-order valence-corrected chi connectivity index (χ2v) is 4.63. The van der Waals surface area contributed by atoms with Crippen LogP contribution >= 0.6 is 0 Å². The molecule has 1 aromatic heterocycles. The van der Waals surface area contributed by atoms with Gasteiger partial charge in [-0.15, -0.1) is 0 Å². The number of halogens is 1. The van der Waals surface area contributed by atoms with Crippen molar-refractivity contribution >= 4 is 17.9 Å². The van der Waals surface area contributed by atoms with Gasteiger partial charge >= 0.3 is 12.1 Å². The molecule has 20 heavy (non-hydrogen) atoms. The van der Waals surface area contributed by atoms with Gasteiger partial charge in [0.1, 0.15) is 5.60 Å². The minimum Gasteiger partial charge on any atom is -0.463 e. The molecule has 0 radical (unpaired) electrons. The third kappa shape index (κ3) is 4.67. The molecule has 0 saturated carbocycles. The number of carbonyl (C=O) groups is 2. The summed E-state index contributed by atoms with van der Waals surface area (Å²) in [5.41, 5.74) is 3.58. The van der Waals surface area contributed by atoms with Gasteiger partial charge in [-0.05, 0) is 20.8 Å². The van der Waals surface area contributed by atoms with Crippen molar-refractivity contribution < 1.29 is 23.5 Å². The van der Waals surface area contributed by atoms with E-state index < -0.39 is 23.5 Å². The average molecular weight is 286 g/mol. The van der Waals surface area contributed by atoms with Crippen LogP contribution in [0.5, 0.6) is 0 Å². The highest BCUT2D eigenvalue weighted by Gasteiger charge is 2.17. The zero-order chi connectivity index (χ0) is 15.3. The summed E-state index contributed by atoms with van der Waals surface area (Å²) in [6.07, 6.45) is -0.0478. The molecule has 1 heterocycles. The van der Waals surface area contributed by atoms with Gasteiger partial charge in [0.15, 0.2) is 11.6 Å². The minimum atomic E-state index is -0.853. The molecule has 2 N–H and O–H groups in total. The molecule has 0 fully saturated rings. The van der Waals surface area contributed by atoms with Crippen LogP contribution in [0.2, 0.25) is 0 Å². The number of ether oxygens (including phenoxy) is 2. The topological polar surface area (TPSA) is 102 Å². The van der Waals surface area contributed by atoms with Crippen molar-refractivity contribution in [2.75, 3.05) is 12.5 Å². The first kappa shape index (κ1) is 15.6. The molecule has 0 aromatic carbocycles. The van der Waals surface area contributed by atoms with E-state index in [0.29, 0.717) is 0 Å². The third-order valence-corrected chi connectivity index (χ3v) is 1.79. The second-order valence-electron chi connectivity index (χ2n) is 4.63. The second kappa shape index (κ2) is 6.13. The molecule has 0 aliphatic rings. The molecule has 0 aliphatic carbocycles. The molecule has 0 unspecified atom stereocenters. The van der Waals surface area contributed by atoms with Gasteiger partial charge in [0.05, 0.1) is 13.3 Å². The van der Waals surface area contributed by atoms with Crippen molar-refractivity contribution in [1.82, 2.24) is 15.4 Å². The first-order chi connectivity index (χ1) is 9.23. The van der Waals surface area contributed by atoms with E-state index in [1.165, 1.54) is 0 Å². The number of methoxy groups -OCH3 is 1. The maximum absolute atomic E-state index is 13.4. The number of hydrogen-bond donors (Lipinski definition) is 2. The van der Waals surface area contributed by atoms with E-state index in [9.17, 15) is 14.0 Å². The van der Waals surface area contributed by atoms with Gasteiger partial charge in [-0.25, -0.2) is 29.4 Å². The van der Waals surface area contributed by atoms with Crippen molar-refractivity contribution in [3.8, 4) is 0 Å². The van der Waals surface area contributed by atoms with Gasteiger partial charge in [-0.2, -0.15) is 0 Å². The molecule has 0 atom stereocenters. The zero-order valence-corrected chi connectivity index (χ0v) is 11.5. The van der Waals surface area contributed by atoms with Crippen molar-refractivity contribution in [1.29, 1.82) is 0 Å². The number of rotatable bonds is 3. The Hall–Kier alpha value is -2.45. The number of aromatic nitrogens is 2. The molecule has 0 bridgehead atoms. The summed E-state index contributed by atoms with van der Waals surface area (Å²) in [7, 11) is 1.14. The fourth-order valence-corrected chi connectivity index (χ4v) is 1.06. The number of esters is 1.